The van der Waals surface area contributed by atoms with Gasteiger partial charge in [0.1, 0.15) is 6.04 Å². The van der Waals surface area contributed by atoms with Crippen LogP contribution in [-0.2, 0) is 32.1 Å². The van der Waals surface area contributed by atoms with Crippen LogP contribution in [0.4, 0.5) is 0 Å². The van der Waals surface area contributed by atoms with Crippen molar-refractivity contribution in [2.75, 3.05) is 46.9 Å². The number of likely N-dealkylation sites (N-methyl/N-ethyl adjacent to an activating group) is 1. The Kier molecular flexibility index (Phi) is 12.2. The maximum absolute atomic E-state index is 13.3. The highest BCUT2D eigenvalue weighted by Gasteiger charge is 2.21. The molecule has 0 saturated heterocycles. The molecule has 2 bridgehead atoms. The number of fused-ring (bicyclic) bond motifs is 3. The summed E-state index contributed by atoms with van der Waals surface area (Å²) in [4.78, 5) is 59.3. The van der Waals surface area contributed by atoms with Gasteiger partial charge in [-0.3, -0.25) is 19.2 Å². The molecule has 0 spiro atoms. The molecule has 4 amide bonds. The fourth-order valence-corrected chi connectivity index (χ4v) is 5.34. The Balaban J connectivity index is 1.40. The average molecular weight is 621 g/mol. The number of nitrogens with zero attached hydrogens (tertiary/aromatic N) is 4. The normalized spacial score (nSPS) is 18.3. The molecule has 0 unspecified atom stereocenters. The van der Waals surface area contributed by atoms with Gasteiger partial charge in [0.2, 0.25) is 17.7 Å². The predicted molar refractivity (Wildman–Crippen MR) is 170 cm³/mol. The molecule has 1 aromatic heterocycles. The second kappa shape index (κ2) is 16.5. The van der Waals surface area contributed by atoms with Gasteiger partial charge in [0.05, 0.1) is 24.5 Å². The monoisotopic (exact) mass is 620 g/mol. The number of para-hydroxylation sites is 2. The van der Waals surface area contributed by atoms with E-state index in [4.69, 9.17) is 9.47 Å². The largest absolute Gasteiger partial charge is 0.493 e. The number of aryl methyl sites for hydroxylation is 2. The van der Waals surface area contributed by atoms with Crippen molar-refractivity contribution in [2.45, 2.75) is 58.0 Å². The summed E-state index contributed by atoms with van der Waals surface area (Å²) >= 11 is 0. The topological polar surface area (TPSA) is 135 Å². The molecule has 3 aromatic rings. The predicted octanol–water partition coefficient (Wildman–Crippen LogP) is 2.54. The summed E-state index contributed by atoms with van der Waals surface area (Å²) in [6.45, 7) is 3.87. The molecule has 12 heteroatoms. The molecule has 1 aliphatic rings. The fraction of sp³-hybridized carbons (Fsp3) is 0.485. The Hall–Kier alpha value is -4.61. The zero-order valence-electron chi connectivity index (χ0n) is 26.4. The Morgan fingerprint density at radius 3 is 2.62 bits per heavy atom. The number of amides is 4. The van der Waals surface area contributed by atoms with E-state index in [9.17, 15) is 19.2 Å². The summed E-state index contributed by atoms with van der Waals surface area (Å²) < 4.78 is 13.1. The van der Waals surface area contributed by atoms with Gasteiger partial charge in [-0.1, -0.05) is 18.2 Å². The average Bonchev–Trinajstić information content (AvgIpc) is 3.46. The number of hydrogen-bond donors (Lipinski definition) is 2. The molecule has 0 saturated carbocycles. The van der Waals surface area contributed by atoms with Gasteiger partial charge in [0, 0.05) is 52.6 Å². The van der Waals surface area contributed by atoms with Crippen LogP contribution < -0.4 is 20.1 Å². The van der Waals surface area contributed by atoms with Crippen LogP contribution in [0.2, 0.25) is 0 Å². The van der Waals surface area contributed by atoms with Gasteiger partial charge in [-0.25, -0.2) is 4.98 Å². The number of nitrogens with one attached hydrogen (secondary N) is 2. The third-order valence-electron chi connectivity index (χ3n) is 7.90. The summed E-state index contributed by atoms with van der Waals surface area (Å²) in [5.74, 6) is 0.159. The van der Waals surface area contributed by atoms with Gasteiger partial charge in [-0.05, 0) is 62.4 Å². The van der Waals surface area contributed by atoms with Crippen LogP contribution in [0.3, 0.4) is 0 Å². The van der Waals surface area contributed by atoms with E-state index in [-0.39, 0.29) is 30.7 Å². The lowest BCUT2D eigenvalue weighted by Gasteiger charge is -2.25. The highest BCUT2D eigenvalue weighted by atomic mass is 16.5. The molecule has 242 valence electrons. The number of rotatable bonds is 4. The Morgan fingerprint density at radius 1 is 1.02 bits per heavy atom. The van der Waals surface area contributed by atoms with Gasteiger partial charge in [-0.2, -0.15) is 0 Å². The number of benzene rings is 2. The maximum Gasteiger partial charge on any atom is 0.258 e. The number of carbonyl (C=O) groups is 4. The minimum absolute atomic E-state index is 0.0341. The van der Waals surface area contributed by atoms with Crippen LogP contribution in [0.1, 0.15) is 44.6 Å². The van der Waals surface area contributed by atoms with Crippen LogP contribution in [0.25, 0.3) is 11.0 Å². The Morgan fingerprint density at radius 2 is 1.80 bits per heavy atom. The van der Waals surface area contributed by atoms with E-state index in [1.165, 1.54) is 7.11 Å². The maximum atomic E-state index is 13.3. The van der Waals surface area contributed by atoms with Crippen LogP contribution in [0.5, 0.6) is 11.5 Å². The van der Waals surface area contributed by atoms with E-state index < -0.39 is 11.9 Å². The zero-order valence-corrected chi connectivity index (χ0v) is 26.4. The molecule has 4 rings (SSSR count). The number of carbonyl (C=O) groups excluding carboxylic acids is 4. The first-order valence-electron chi connectivity index (χ1n) is 15.5. The van der Waals surface area contributed by atoms with E-state index in [1.54, 1.807) is 37.3 Å². The van der Waals surface area contributed by atoms with Crippen molar-refractivity contribution in [1.82, 2.24) is 30.0 Å². The molecular formula is C33H44N6O6. The van der Waals surface area contributed by atoms with Crippen molar-refractivity contribution in [3.05, 3.63) is 54.4 Å². The molecule has 12 nitrogen and oxygen atoms in total. The Bertz CT molecular complexity index is 1470. The molecule has 0 radical (unpaired) electrons. The lowest BCUT2D eigenvalue weighted by Crippen LogP contribution is -2.47. The third-order valence-corrected chi connectivity index (χ3v) is 7.90. The van der Waals surface area contributed by atoms with E-state index in [0.29, 0.717) is 76.3 Å². The molecule has 45 heavy (non-hydrogen) atoms. The number of hydrogen-bond acceptors (Lipinski definition) is 7. The summed E-state index contributed by atoms with van der Waals surface area (Å²) in [7, 11) is 3.22. The smallest absolute Gasteiger partial charge is 0.258 e. The fourth-order valence-electron chi connectivity index (χ4n) is 5.34. The van der Waals surface area contributed by atoms with Crippen molar-refractivity contribution in [2.24, 2.45) is 0 Å². The van der Waals surface area contributed by atoms with E-state index in [2.05, 4.69) is 15.6 Å². The standard InChI is InChI=1S/C33H44N6O6/c1-24-33(43)37(2)17-6-7-18-38(32(42)15-20-39-23-35-26-9-4-5-10-27(26)39)19-8-16-34-30(40)14-12-25-11-13-28(44-3)29(21-25)45-22-31(41)36-24/h4-5,9-11,13,21,23-24H,6-8,12,14-20,22H2,1-3H3,(H,34,40)(H,36,41)/t24-/m0/s1. The van der Waals surface area contributed by atoms with E-state index in [1.807, 2.05) is 39.8 Å². The van der Waals surface area contributed by atoms with Gasteiger partial charge >= 0.3 is 0 Å². The molecule has 1 atom stereocenters. The summed E-state index contributed by atoms with van der Waals surface area (Å²) in [5.41, 5.74) is 2.74. The van der Waals surface area contributed by atoms with Gasteiger partial charge < -0.3 is 34.5 Å². The molecular weight excluding hydrogens is 576 g/mol. The Labute approximate surface area is 264 Å². The minimum Gasteiger partial charge on any atom is -0.493 e. The summed E-state index contributed by atoms with van der Waals surface area (Å²) in [5, 5.41) is 5.66. The van der Waals surface area contributed by atoms with Gasteiger partial charge in [0.15, 0.2) is 18.1 Å². The number of aromatic nitrogens is 2. The summed E-state index contributed by atoms with van der Waals surface area (Å²) in [6.07, 6.45) is 4.87. The molecule has 1 aliphatic heterocycles. The highest BCUT2D eigenvalue weighted by Crippen LogP contribution is 2.28. The van der Waals surface area contributed by atoms with Crippen LogP contribution in [0, 0.1) is 0 Å². The number of ether oxygens (including phenoxy) is 2. The molecule has 2 aromatic carbocycles. The zero-order chi connectivity index (χ0) is 32.2. The second-order valence-corrected chi connectivity index (χ2v) is 11.3. The van der Waals surface area contributed by atoms with E-state index in [0.717, 1.165) is 16.6 Å². The molecule has 2 N–H and O–H groups in total. The van der Waals surface area contributed by atoms with Crippen LogP contribution in [-0.4, -0.2) is 96.0 Å². The molecule has 0 aliphatic carbocycles. The van der Waals surface area contributed by atoms with Crippen molar-refractivity contribution in [3.8, 4) is 11.5 Å². The van der Waals surface area contributed by atoms with Crippen LogP contribution >= 0.6 is 0 Å². The minimum atomic E-state index is -0.729. The second-order valence-electron chi connectivity index (χ2n) is 11.3. The first-order chi connectivity index (χ1) is 21.7. The van der Waals surface area contributed by atoms with Crippen molar-refractivity contribution in [1.29, 1.82) is 0 Å². The lowest BCUT2D eigenvalue weighted by molar-refractivity contribution is -0.135. The first kappa shape index (κ1) is 33.3. The quantitative estimate of drug-likeness (QED) is 0.458. The third kappa shape index (κ3) is 9.69. The van der Waals surface area contributed by atoms with Crippen LogP contribution in [0.15, 0.2) is 48.8 Å². The highest BCUT2D eigenvalue weighted by molar-refractivity contribution is 5.87. The SMILES string of the molecule is COc1ccc2cc1OCC(=O)N[C@@H](C)C(=O)N(C)CCCCN(C(=O)CCn1cnc3ccccc31)CCCNC(=O)CC2. The number of imidazole rings is 1. The van der Waals surface area contributed by atoms with Crippen molar-refractivity contribution < 1.29 is 28.7 Å². The van der Waals surface area contributed by atoms with Gasteiger partial charge in [-0.15, -0.1) is 0 Å². The molecule has 0 fully saturated rings. The number of methoxy groups -OCH3 is 1. The molecule has 2 heterocycles. The van der Waals surface area contributed by atoms with Crippen molar-refractivity contribution in [3.63, 3.8) is 0 Å². The first-order valence-corrected chi connectivity index (χ1v) is 15.5. The van der Waals surface area contributed by atoms with Crippen molar-refractivity contribution >= 4 is 34.7 Å². The van der Waals surface area contributed by atoms with E-state index >= 15 is 0 Å². The lowest BCUT2D eigenvalue weighted by atomic mass is 10.1. The van der Waals surface area contributed by atoms with Gasteiger partial charge in [0.25, 0.3) is 5.91 Å². The summed E-state index contributed by atoms with van der Waals surface area (Å²) in [6, 6.07) is 12.4.